The molecule has 4 nitrogen and oxygen atoms in total. The maximum atomic E-state index is 13.1. The van der Waals surface area contributed by atoms with E-state index in [0.29, 0.717) is 0 Å². The van der Waals surface area contributed by atoms with Crippen LogP contribution in [-0.2, 0) is 4.79 Å². The van der Waals surface area contributed by atoms with Crippen molar-refractivity contribution in [3.8, 4) is 0 Å². The van der Waals surface area contributed by atoms with Crippen LogP contribution in [-0.4, -0.2) is 48.4 Å². The summed E-state index contributed by atoms with van der Waals surface area (Å²) >= 11 is 0. The predicted molar refractivity (Wildman–Crippen MR) is 81.2 cm³/mol. The Kier molecular flexibility index (Phi) is 4.96. The summed E-state index contributed by atoms with van der Waals surface area (Å²) < 4.78 is 13.1. The Morgan fingerprint density at radius 1 is 1.33 bits per heavy atom. The summed E-state index contributed by atoms with van der Waals surface area (Å²) in [6, 6.07) is 6.28. The topological polar surface area (TPSA) is 35.6 Å². The Balaban J connectivity index is 2.18. The second kappa shape index (κ2) is 6.54. The minimum Gasteiger partial charge on any atom is -0.319 e. The number of hydrogen-bond acceptors (Lipinski definition) is 3. The van der Waals surface area contributed by atoms with Crippen LogP contribution in [0.2, 0.25) is 0 Å². The van der Waals surface area contributed by atoms with Crippen molar-refractivity contribution in [2.45, 2.75) is 38.5 Å². The highest BCUT2D eigenvalue weighted by molar-refractivity contribution is 5.84. The highest BCUT2D eigenvalue weighted by Crippen LogP contribution is 2.28. The monoisotopic (exact) mass is 293 g/mol. The van der Waals surface area contributed by atoms with Crippen molar-refractivity contribution >= 4 is 5.91 Å². The molecular formula is C16H24FN3O. The molecule has 1 heterocycles. The van der Waals surface area contributed by atoms with Crippen molar-refractivity contribution in [1.82, 2.24) is 15.1 Å². The van der Waals surface area contributed by atoms with Gasteiger partial charge in [-0.1, -0.05) is 12.1 Å². The van der Waals surface area contributed by atoms with Crippen molar-refractivity contribution in [1.29, 1.82) is 0 Å². The summed E-state index contributed by atoms with van der Waals surface area (Å²) in [6.07, 6.45) is 0.732. The number of amides is 1. The molecule has 0 bridgehead atoms. The van der Waals surface area contributed by atoms with Gasteiger partial charge in [-0.15, -0.1) is 0 Å². The average molecular weight is 293 g/mol. The molecule has 1 aliphatic rings. The second-order valence-electron chi connectivity index (χ2n) is 6.03. The molecule has 1 aromatic rings. The SMILES string of the molecule is CC1NC(c2ccc(F)cc2)N(C(C)CCN(C)C)C1=O. The zero-order valence-electron chi connectivity index (χ0n) is 13.1. The molecule has 0 aliphatic carbocycles. The van der Waals surface area contributed by atoms with Gasteiger partial charge < -0.3 is 9.80 Å². The summed E-state index contributed by atoms with van der Waals surface area (Å²) in [7, 11) is 4.05. The molecule has 1 N–H and O–H groups in total. The summed E-state index contributed by atoms with van der Waals surface area (Å²) in [5, 5.41) is 3.30. The minimum absolute atomic E-state index is 0.107. The van der Waals surface area contributed by atoms with Crippen LogP contribution < -0.4 is 5.32 Å². The van der Waals surface area contributed by atoms with Crippen LogP contribution in [0, 0.1) is 5.82 Å². The van der Waals surface area contributed by atoms with E-state index in [1.165, 1.54) is 12.1 Å². The first-order valence-electron chi connectivity index (χ1n) is 7.38. The molecule has 1 aromatic carbocycles. The number of hydrogen-bond donors (Lipinski definition) is 1. The van der Waals surface area contributed by atoms with Gasteiger partial charge in [0.2, 0.25) is 5.91 Å². The van der Waals surface area contributed by atoms with Crippen molar-refractivity contribution in [3.05, 3.63) is 35.6 Å². The van der Waals surface area contributed by atoms with Crippen LogP contribution in [0.15, 0.2) is 24.3 Å². The first-order valence-corrected chi connectivity index (χ1v) is 7.38. The zero-order valence-corrected chi connectivity index (χ0v) is 13.1. The fraction of sp³-hybridized carbons (Fsp3) is 0.562. The van der Waals surface area contributed by atoms with Gasteiger partial charge in [-0.3, -0.25) is 10.1 Å². The van der Waals surface area contributed by atoms with Crippen molar-refractivity contribution < 1.29 is 9.18 Å². The summed E-state index contributed by atoms with van der Waals surface area (Å²) in [5.74, 6) is -0.154. The Labute approximate surface area is 125 Å². The van der Waals surface area contributed by atoms with Gasteiger partial charge in [-0.05, 0) is 58.6 Å². The van der Waals surface area contributed by atoms with Gasteiger partial charge in [0.25, 0.3) is 0 Å². The van der Waals surface area contributed by atoms with Crippen LogP contribution in [0.25, 0.3) is 0 Å². The second-order valence-corrected chi connectivity index (χ2v) is 6.03. The number of carbonyl (C=O) groups excluding carboxylic acids is 1. The molecule has 0 aromatic heterocycles. The molecular weight excluding hydrogens is 269 g/mol. The van der Waals surface area contributed by atoms with Gasteiger partial charge >= 0.3 is 0 Å². The van der Waals surface area contributed by atoms with Crippen molar-refractivity contribution in [2.75, 3.05) is 20.6 Å². The standard InChI is InChI=1S/C16H24FN3O/c1-11(9-10-19(3)4)20-15(18-12(2)16(20)21)13-5-7-14(17)8-6-13/h5-8,11-12,15,18H,9-10H2,1-4H3. The van der Waals surface area contributed by atoms with Crippen molar-refractivity contribution in [2.24, 2.45) is 0 Å². The molecule has 1 aliphatic heterocycles. The molecule has 0 saturated carbocycles. The molecule has 116 valence electrons. The third-order valence-electron chi connectivity index (χ3n) is 3.97. The Morgan fingerprint density at radius 2 is 1.95 bits per heavy atom. The van der Waals surface area contributed by atoms with Gasteiger partial charge in [0, 0.05) is 6.04 Å². The molecule has 1 saturated heterocycles. The fourth-order valence-corrected chi connectivity index (χ4v) is 2.70. The van der Waals surface area contributed by atoms with Crippen LogP contribution in [0.3, 0.4) is 0 Å². The average Bonchev–Trinajstić information content (AvgIpc) is 2.73. The molecule has 1 amide bonds. The van der Waals surface area contributed by atoms with E-state index < -0.39 is 0 Å². The molecule has 5 heteroatoms. The highest BCUT2D eigenvalue weighted by Gasteiger charge is 2.39. The van der Waals surface area contributed by atoms with Gasteiger partial charge in [0.05, 0.1) is 6.04 Å². The van der Waals surface area contributed by atoms with E-state index in [4.69, 9.17) is 0 Å². The minimum atomic E-state index is -0.261. The number of rotatable bonds is 5. The molecule has 3 atom stereocenters. The van der Waals surface area contributed by atoms with E-state index in [0.717, 1.165) is 18.5 Å². The lowest BCUT2D eigenvalue weighted by Crippen LogP contribution is -2.39. The first-order chi connectivity index (χ1) is 9.90. The number of carbonyl (C=O) groups is 1. The van der Waals surface area contributed by atoms with Crippen LogP contribution >= 0.6 is 0 Å². The molecule has 0 spiro atoms. The van der Waals surface area contributed by atoms with E-state index in [1.807, 2.05) is 25.9 Å². The largest absolute Gasteiger partial charge is 0.319 e. The van der Waals surface area contributed by atoms with E-state index in [-0.39, 0.29) is 30.0 Å². The van der Waals surface area contributed by atoms with E-state index in [9.17, 15) is 9.18 Å². The maximum Gasteiger partial charge on any atom is 0.241 e. The van der Waals surface area contributed by atoms with Crippen LogP contribution in [0.5, 0.6) is 0 Å². The molecule has 2 rings (SSSR count). The maximum absolute atomic E-state index is 13.1. The lowest BCUT2D eigenvalue weighted by atomic mass is 10.1. The Bertz CT molecular complexity index is 489. The van der Waals surface area contributed by atoms with Gasteiger partial charge in [-0.25, -0.2) is 4.39 Å². The Hall–Kier alpha value is -1.46. The van der Waals surface area contributed by atoms with Crippen LogP contribution in [0.4, 0.5) is 4.39 Å². The first kappa shape index (κ1) is 15.9. The smallest absolute Gasteiger partial charge is 0.241 e. The van der Waals surface area contributed by atoms with E-state index >= 15 is 0 Å². The van der Waals surface area contributed by atoms with E-state index in [2.05, 4.69) is 17.1 Å². The van der Waals surface area contributed by atoms with Gasteiger partial charge in [0.1, 0.15) is 12.0 Å². The summed E-state index contributed by atoms with van der Waals surface area (Å²) in [4.78, 5) is 16.4. The lowest BCUT2D eigenvalue weighted by molar-refractivity contribution is -0.132. The van der Waals surface area contributed by atoms with Crippen LogP contribution in [0.1, 0.15) is 32.0 Å². The van der Waals surface area contributed by atoms with Gasteiger partial charge in [-0.2, -0.15) is 0 Å². The molecule has 21 heavy (non-hydrogen) atoms. The lowest BCUT2D eigenvalue weighted by Gasteiger charge is -2.31. The number of halogens is 1. The predicted octanol–water partition coefficient (Wildman–Crippen LogP) is 1.98. The van der Waals surface area contributed by atoms with Crippen molar-refractivity contribution in [3.63, 3.8) is 0 Å². The normalized spacial score (nSPS) is 23.9. The fourth-order valence-electron chi connectivity index (χ4n) is 2.70. The third-order valence-corrected chi connectivity index (χ3v) is 3.97. The summed E-state index contributed by atoms with van der Waals surface area (Å²) in [6.45, 7) is 4.87. The molecule has 1 fully saturated rings. The summed E-state index contributed by atoms with van der Waals surface area (Å²) in [5.41, 5.74) is 0.922. The highest BCUT2D eigenvalue weighted by atomic mass is 19.1. The Morgan fingerprint density at radius 3 is 2.52 bits per heavy atom. The zero-order chi connectivity index (χ0) is 15.6. The van der Waals surface area contributed by atoms with E-state index in [1.54, 1.807) is 12.1 Å². The third kappa shape index (κ3) is 3.60. The number of nitrogens with one attached hydrogen (secondary N) is 1. The van der Waals surface area contributed by atoms with Gasteiger partial charge in [0.15, 0.2) is 0 Å². The number of nitrogens with zero attached hydrogens (tertiary/aromatic N) is 2. The molecule has 0 radical (unpaired) electrons. The molecule has 3 unspecified atom stereocenters. The number of benzene rings is 1. The quantitative estimate of drug-likeness (QED) is 0.902.